The van der Waals surface area contributed by atoms with Crippen molar-refractivity contribution in [2.45, 2.75) is 53.0 Å². The van der Waals surface area contributed by atoms with Gasteiger partial charge in [-0.15, -0.1) is 0 Å². The van der Waals surface area contributed by atoms with E-state index in [0.717, 1.165) is 5.75 Å². The van der Waals surface area contributed by atoms with E-state index in [9.17, 15) is 4.79 Å². The number of carbonyl (C=O) groups is 1. The first kappa shape index (κ1) is 19.5. The van der Waals surface area contributed by atoms with Gasteiger partial charge in [0.2, 0.25) is 5.91 Å². The number of hydrogen-bond acceptors (Lipinski definition) is 3. The van der Waals surface area contributed by atoms with Gasteiger partial charge in [0.15, 0.2) is 0 Å². The zero-order valence-corrected chi connectivity index (χ0v) is 15.3. The molecule has 0 aliphatic rings. The minimum atomic E-state index is -0.183. The number of benzene rings is 1. The molecule has 0 fully saturated rings. The summed E-state index contributed by atoms with van der Waals surface area (Å²) in [6.45, 7) is 13.5. The predicted molar refractivity (Wildman–Crippen MR) is 95.6 cm³/mol. The Morgan fingerprint density at radius 2 is 1.74 bits per heavy atom. The molecule has 0 spiro atoms. The molecule has 1 aromatic rings. The Kier molecular flexibility index (Phi) is 7.07. The first-order valence-electron chi connectivity index (χ1n) is 8.40. The molecule has 0 aliphatic carbocycles. The van der Waals surface area contributed by atoms with E-state index >= 15 is 0 Å². The van der Waals surface area contributed by atoms with Crippen molar-refractivity contribution in [2.75, 3.05) is 13.2 Å². The highest BCUT2D eigenvalue weighted by Crippen LogP contribution is 2.25. The fourth-order valence-corrected chi connectivity index (χ4v) is 2.08. The molecule has 4 nitrogen and oxygen atoms in total. The lowest BCUT2D eigenvalue weighted by molar-refractivity contribution is -0.125. The second-order valence-electron chi connectivity index (χ2n) is 7.48. The minimum absolute atomic E-state index is 0.00459. The third-order valence-electron chi connectivity index (χ3n) is 4.13. The van der Waals surface area contributed by atoms with Crippen LogP contribution in [0.25, 0.3) is 0 Å². The van der Waals surface area contributed by atoms with Crippen LogP contribution in [0.4, 0.5) is 0 Å². The molecule has 23 heavy (non-hydrogen) atoms. The van der Waals surface area contributed by atoms with E-state index in [1.54, 1.807) is 0 Å². The molecule has 1 aromatic carbocycles. The molecule has 0 saturated carbocycles. The Morgan fingerprint density at radius 3 is 2.22 bits per heavy atom. The van der Waals surface area contributed by atoms with Crippen molar-refractivity contribution in [1.29, 1.82) is 0 Å². The molecule has 1 rings (SSSR count). The van der Waals surface area contributed by atoms with Crippen LogP contribution in [0, 0.1) is 11.8 Å². The molecule has 130 valence electrons. The van der Waals surface area contributed by atoms with Gasteiger partial charge < -0.3 is 15.8 Å². The van der Waals surface area contributed by atoms with E-state index in [1.165, 1.54) is 5.56 Å². The van der Waals surface area contributed by atoms with Gasteiger partial charge in [-0.3, -0.25) is 4.79 Å². The number of nitrogens with two attached hydrogens (primary N) is 1. The van der Waals surface area contributed by atoms with Gasteiger partial charge in [-0.25, -0.2) is 0 Å². The number of amides is 1. The smallest absolute Gasteiger partial charge is 0.224 e. The van der Waals surface area contributed by atoms with Gasteiger partial charge >= 0.3 is 0 Å². The zero-order chi connectivity index (χ0) is 17.6. The molecule has 2 unspecified atom stereocenters. The molecule has 0 aliphatic heterocycles. The molecule has 0 saturated heterocycles. The average Bonchev–Trinajstić information content (AvgIpc) is 2.50. The molecule has 0 aromatic heterocycles. The zero-order valence-electron chi connectivity index (χ0n) is 15.3. The lowest BCUT2D eigenvalue weighted by Gasteiger charge is -2.27. The predicted octanol–water partition coefficient (Wildman–Crippen LogP) is 3.10. The molecule has 2 atom stereocenters. The van der Waals surface area contributed by atoms with E-state index in [0.29, 0.717) is 19.1 Å². The molecule has 3 N–H and O–H groups in total. The fourth-order valence-electron chi connectivity index (χ4n) is 2.08. The summed E-state index contributed by atoms with van der Waals surface area (Å²) in [5.74, 6) is 1.21. The Balaban J connectivity index is 2.63. The topological polar surface area (TPSA) is 64.3 Å². The van der Waals surface area contributed by atoms with Gasteiger partial charge in [0.1, 0.15) is 5.75 Å². The highest BCUT2D eigenvalue weighted by Gasteiger charge is 2.24. The Morgan fingerprint density at radius 1 is 1.17 bits per heavy atom. The lowest BCUT2D eigenvalue weighted by atomic mass is 9.84. The molecular weight excluding hydrogens is 288 g/mol. The van der Waals surface area contributed by atoms with Crippen LogP contribution < -0.4 is 15.8 Å². The van der Waals surface area contributed by atoms with Crippen molar-refractivity contribution in [3.8, 4) is 5.75 Å². The van der Waals surface area contributed by atoms with Crippen LogP contribution in [0.2, 0.25) is 0 Å². The van der Waals surface area contributed by atoms with Crippen molar-refractivity contribution in [3.05, 3.63) is 29.8 Å². The number of ether oxygens (including phenoxy) is 1. The van der Waals surface area contributed by atoms with E-state index in [2.05, 4.69) is 45.1 Å². The third-order valence-corrected chi connectivity index (χ3v) is 4.13. The minimum Gasteiger partial charge on any atom is -0.493 e. The van der Waals surface area contributed by atoms with Crippen LogP contribution in [0.1, 0.15) is 47.1 Å². The summed E-state index contributed by atoms with van der Waals surface area (Å²) in [6.07, 6.45) is 0. The number of carbonyl (C=O) groups excluding carboxylic acids is 1. The Hall–Kier alpha value is -1.55. The van der Waals surface area contributed by atoms with Gasteiger partial charge in [-0.05, 0) is 30.5 Å². The molecular formula is C19H32N2O2. The van der Waals surface area contributed by atoms with Crippen LogP contribution in [-0.4, -0.2) is 25.1 Å². The Bertz CT molecular complexity index is 493. The fraction of sp³-hybridized carbons (Fsp3) is 0.632. The number of rotatable bonds is 8. The Labute approximate surface area is 140 Å². The van der Waals surface area contributed by atoms with Crippen LogP contribution in [0.5, 0.6) is 5.75 Å². The molecule has 0 heterocycles. The van der Waals surface area contributed by atoms with Crippen LogP contribution in [-0.2, 0) is 10.2 Å². The summed E-state index contributed by atoms with van der Waals surface area (Å²) < 4.78 is 5.71. The maximum absolute atomic E-state index is 12.1. The summed E-state index contributed by atoms with van der Waals surface area (Å²) >= 11 is 0. The summed E-state index contributed by atoms with van der Waals surface area (Å²) in [5.41, 5.74) is 6.80. The molecule has 0 bridgehead atoms. The molecule has 4 heteroatoms. The number of nitrogens with one attached hydrogen (secondary N) is 1. The maximum Gasteiger partial charge on any atom is 0.224 e. The summed E-state index contributed by atoms with van der Waals surface area (Å²) in [6, 6.07) is 7.97. The van der Waals surface area contributed by atoms with Gasteiger partial charge in [0.25, 0.3) is 0 Å². The first-order valence-corrected chi connectivity index (χ1v) is 8.40. The van der Waals surface area contributed by atoms with Crippen LogP contribution in [0.3, 0.4) is 0 Å². The number of hydrogen-bond donors (Lipinski definition) is 2. The summed E-state index contributed by atoms with van der Waals surface area (Å²) in [7, 11) is 0. The van der Waals surface area contributed by atoms with Crippen molar-refractivity contribution < 1.29 is 9.53 Å². The lowest BCUT2D eigenvalue weighted by Crippen LogP contribution is -2.43. The van der Waals surface area contributed by atoms with Gasteiger partial charge in [0.05, 0.1) is 6.61 Å². The molecule has 1 amide bonds. The monoisotopic (exact) mass is 320 g/mol. The quantitative estimate of drug-likeness (QED) is 0.773. The van der Waals surface area contributed by atoms with Crippen molar-refractivity contribution in [1.82, 2.24) is 5.32 Å². The normalized spacial score (nSPS) is 14.4. The van der Waals surface area contributed by atoms with Gasteiger partial charge in [-0.2, -0.15) is 0 Å². The van der Waals surface area contributed by atoms with Crippen molar-refractivity contribution in [3.63, 3.8) is 0 Å². The van der Waals surface area contributed by atoms with E-state index in [-0.39, 0.29) is 23.3 Å². The van der Waals surface area contributed by atoms with Crippen molar-refractivity contribution in [2.24, 2.45) is 17.6 Å². The summed E-state index contributed by atoms with van der Waals surface area (Å²) in [4.78, 5) is 12.1. The average molecular weight is 320 g/mol. The van der Waals surface area contributed by atoms with Gasteiger partial charge in [0, 0.05) is 23.9 Å². The van der Waals surface area contributed by atoms with Gasteiger partial charge in [-0.1, -0.05) is 46.8 Å². The van der Waals surface area contributed by atoms with E-state index in [1.807, 2.05) is 26.0 Å². The summed E-state index contributed by atoms with van der Waals surface area (Å²) in [5, 5.41) is 3.01. The SMILES string of the molecule is CC(C)COc1ccc(C(C)(C)CNC(=O)C(C)C(C)N)cc1. The maximum atomic E-state index is 12.1. The van der Waals surface area contributed by atoms with E-state index < -0.39 is 0 Å². The van der Waals surface area contributed by atoms with Crippen LogP contribution >= 0.6 is 0 Å². The first-order chi connectivity index (χ1) is 10.6. The standard InChI is InChI=1S/C19H32N2O2/c1-13(2)11-23-17-9-7-16(8-10-17)19(5,6)12-21-18(22)14(3)15(4)20/h7-10,13-15H,11-12,20H2,1-6H3,(H,21,22). The highest BCUT2D eigenvalue weighted by atomic mass is 16.5. The van der Waals surface area contributed by atoms with Crippen LogP contribution in [0.15, 0.2) is 24.3 Å². The van der Waals surface area contributed by atoms with E-state index in [4.69, 9.17) is 10.5 Å². The third kappa shape index (κ3) is 6.22. The molecule has 0 radical (unpaired) electrons. The largest absolute Gasteiger partial charge is 0.493 e. The second-order valence-corrected chi connectivity index (χ2v) is 7.48. The second kappa shape index (κ2) is 8.34. The van der Waals surface area contributed by atoms with Crippen molar-refractivity contribution >= 4 is 5.91 Å². The highest BCUT2D eigenvalue weighted by molar-refractivity contribution is 5.79.